The number of rotatable bonds is 6. The molecule has 6 rings (SSSR count). The molecular weight excluding hydrogens is 773 g/mol. The highest BCUT2D eigenvalue weighted by atomic mass is 16.4. The minimum absolute atomic E-state index is 0.0000694. The van der Waals surface area contributed by atoms with Crippen LogP contribution in [0.1, 0.15) is 128 Å². The Morgan fingerprint density at radius 2 is 1.20 bits per heavy atom. The number of nitrogens with zero attached hydrogens (tertiary/aromatic N) is 8. The van der Waals surface area contributed by atoms with E-state index in [9.17, 15) is 19.2 Å². The fourth-order valence-electron chi connectivity index (χ4n) is 5.00. The molecule has 60 heavy (non-hydrogen) atoms. The number of furan rings is 2. The maximum Gasteiger partial charge on any atom is 0.267 e. The summed E-state index contributed by atoms with van der Waals surface area (Å²) in [6.07, 6.45) is 4.32. The van der Waals surface area contributed by atoms with Crippen molar-refractivity contribution in [3.8, 4) is 11.5 Å². The molecule has 0 unspecified atom stereocenters. The van der Waals surface area contributed by atoms with Crippen molar-refractivity contribution in [1.82, 2.24) is 20.7 Å². The lowest BCUT2D eigenvalue weighted by Crippen LogP contribution is -2.31. The first-order chi connectivity index (χ1) is 27.6. The third kappa shape index (κ3) is 22.1. The van der Waals surface area contributed by atoms with E-state index in [4.69, 9.17) is 19.0 Å². The van der Waals surface area contributed by atoms with Gasteiger partial charge in [-0.15, -0.1) is 0 Å². The van der Waals surface area contributed by atoms with Crippen LogP contribution in [0.5, 0.6) is 11.5 Å². The molecule has 0 saturated carbocycles. The summed E-state index contributed by atoms with van der Waals surface area (Å²) in [5.41, 5.74) is 1.83. The summed E-state index contributed by atoms with van der Waals surface area (Å²) in [6, 6.07) is 3.43. The molecule has 336 valence electrons. The Hall–Kier alpha value is -5.42. The molecule has 4 aliphatic heterocycles. The Bertz CT molecular complexity index is 1800. The molecule has 0 atom stereocenters. The zero-order valence-electron chi connectivity index (χ0n) is 38.4. The van der Waals surface area contributed by atoms with Crippen molar-refractivity contribution in [3.63, 3.8) is 0 Å². The van der Waals surface area contributed by atoms with Crippen LogP contribution in [-0.4, -0.2) is 94.3 Å². The Balaban J connectivity index is 0.000000361. The highest BCUT2D eigenvalue weighted by Gasteiger charge is 2.25. The fraction of sp³-hybridized carbons (Fsp3) is 0.667. The molecule has 4 N–H and O–H groups in total. The van der Waals surface area contributed by atoms with E-state index >= 15 is 0 Å². The smallest absolute Gasteiger partial charge is 0.267 e. The average Bonchev–Trinajstić information content (AvgIpc) is 3.96. The molecule has 0 spiro atoms. The van der Waals surface area contributed by atoms with Gasteiger partial charge in [-0.05, 0) is 36.5 Å². The van der Waals surface area contributed by atoms with E-state index in [-0.39, 0.29) is 76.4 Å². The summed E-state index contributed by atoms with van der Waals surface area (Å²) < 4.78 is 10.1. The van der Waals surface area contributed by atoms with Crippen LogP contribution in [0.4, 0.5) is 0 Å². The minimum atomic E-state index is -0.00926. The van der Waals surface area contributed by atoms with E-state index in [2.05, 4.69) is 104 Å². The molecule has 6 heterocycles. The van der Waals surface area contributed by atoms with Crippen molar-refractivity contribution in [1.29, 1.82) is 0 Å². The lowest BCUT2D eigenvalue weighted by atomic mass is 9.89. The Morgan fingerprint density at radius 3 is 1.50 bits per heavy atom. The first kappa shape index (κ1) is 52.6. The summed E-state index contributed by atoms with van der Waals surface area (Å²) in [5, 5.41) is 40.4. The van der Waals surface area contributed by atoms with Gasteiger partial charge in [0.1, 0.15) is 61.9 Å². The number of carbonyl (C=O) groups excluding carboxylic acids is 4. The lowest BCUT2D eigenvalue weighted by molar-refractivity contribution is -0.129. The second-order valence-corrected chi connectivity index (χ2v) is 18.9. The molecule has 0 radical (unpaired) electrons. The van der Waals surface area contributed by atoms with Gasteiger partial charge < -0.3 is 29.7 Å². The molecule has 18 nitrogen and oxygen atoms in total. The van der Waals surface area contributed by atoms with Crippen LogP contribution in [0.2, 0.25) is 0 Å². The van der Waals surface area contributed by atoms with Crippen LogP contribution in [0.25, 0.3) is 0 Å². The fourth-order valence-corrected chi connectivity index (χ4v) is 5.00. The lowest BCUT2D eigenvalue weighted by Gasteiger charge is -2.21. The molecule has 0 bridgehead atoms. The van der Waals surface area contributed by atoms with Crippen LogP contribution in [0.15, 0.2) is 64.2 Å². The standard InChI is InChI=1S/C9H14O2.C8H14N2O.C7H13N3O.C7H10O2.C6H10N2O.C5H9N3O/c1-9(2,3)5-8-4-7(10)6-11-8;1-8(2,3)4-6-7(11)10-5-9-6;1-7(2,3)5-10-6(11)4-8-9-10;1-5(2)7-3-6(8)4-9-7;1-4(2)5-6(9)8-3-7-5;1-4(2)8-5(9)3-6-7-8/h4,6,10H,5H2,1-3H3;4-5H2,1-3H3,(H,10,11);4-5H2,1-3H3;3-5,8H,1-2H3;4H,3H2,1-2H3,(H,8,9);4H,3H2,1-2H3. The Morgan fingerprint density at radius 1 is 0.667 bits per heavy atom. The van der Waals surface area contributed by atoms with Gasteiger partial charge in [-0.2, -0.15) is 10.2 Å². The van der Waals surface area contributed by atoms with Gasteiger partial charge in [0.05, 0.1) is 12.6 Å². The highest BCUT2D eigenvalue weighted by molar-refractivity contribution is 6.40. The van der Waals surface area contributed by atoms with Gasteiger partial charge in [-0.25, -0.2) is 10.0 Å². The number of nitrogens with one attached hydrogen (secondary N) is 2. The maximum absolute atomic E-state index is 11.0. The number of aliphatic imine (C=N–C) groups is 2. The van der Waals surface area contributed by atoms with Crippen LogP contribution in [0.3, 0.4) is 0 Å². The normalized spacial score (nSPS) is 15.8. The van der Waals surface area contributed by atoms with E-state index in [0.29, 0.717) is 37.2 Å². The minimum Gasteiger partial charge on any atom is -0.505 e. The number of hydrogen-bond donors (Lipinski definition) is 4. The van der Waals surface area contributed by atoms with Gasteiger partial charge >= 0.3 is 0 Å². The van der Waals surface area contributed by atoms with Gasteiger partial charge in [0.2, 0.25) is 0 Å². The van der Waals surface area contributed by atoms with Crippen molar-refractivity contribution >= 4 is 35.1 Å². The first-order valence-corrected chi connectivity index (χ1v) is 20.1. The van der Waals surface area contributed by atoms with Gasteiger partial charge in [0.15, 0.2) is 11.5 Å². The van der Waals surface area contributed by atoms with E-state index in [1.165, 1.54) is 22.5 Å². The molecule has 4 amide bonds. The molecule has 0 aliphatic carbocycles. The summed E-state index contributed by atoms with van der Waals surface area (Å²) in [6.45, 7) is 32.7. The first-order valence-electron chi connectivity index (χ1n) is 20.1. The third-order valence-electron chi connectivity index (χ3n) is 7.66. The topological polar surface area (TPSA) is 240 Å². The molecule has 4 aliphatic rings. The molecule has 0 saturated heterocycles. The van der Waals surface area contributed by atoms with E-state index in [1.807, 2.05) is 41.5 Å². The predicted octanol–water partition coefficient (Wildman–Crippen LogP) is 7.65. The second kappa shape index (κ2) is 24.0. The number of hydrogen-bond acceptors (Lipinski definition) is 14. The molecule has 2 aromatic rings. The summed E-state index contributed by atoms with van der Waals surface area (Å²) in [5.74, 6) is 2.68. The van der Waals surface area contributed by atoms with Gasteiger partial charge in [0.25, 0.3) is 23.6 Å². The van der Waals surface area contributed by atoms with Crippen molar-refractivity contribution in [2.75, 3.05) is 33.0 Å². The van der Waals surface area contributed by atoms with Gasteiger partial charge in [0, 0.05) is 30.4 Å². The van der Waals surface area contributed by atoms with E-state index in [0.717, 1.165) is 24.4 Å². The monoisotopic (exact) mass is 843 g/mol. The Labute approximate surface area is 355 Å². The van der Waals surface area contributed by atoms with Gasteiger partial charge in [-0.1, -0.05) is 100 Å². The summed E-state index contributed by atoms with van der Waals surface area (Å²) in [4.78, 5) is 51.6. The predicted molar refractivity (Wildman–Crippen MR) is 230 cm³/mol. The molecular formula is C42H70N10O8. The average molecular weight is 843 g/mol. The number of aromatic hydroxyl groups is 2. The molecule has 2 aromatic heterocycles. The number of amides is 4. The van der Waals surface area contributed by atoms with Crippen molar-refractivity contribution < 1.29 is 38.2 Å². The Kier molecular flexibility index (Phi) is 21.0. The van der Waals surface area contributed by atoms with Gasteiger partial charge in [-0.3, -0.25) is 29.2 Å². The number of carbonyl (C=O) groups is 4. The largest absolute Gasteiger partial charge is 0.505 e. The van der Waals surface area contributed by atoms with Crippen molar-refractivity contribution in [2.24, 2.45) is 52.8 Å². The van der Waals surface area contributed by atoms with Crippen molar-refractivity contribution in [2.45, 2.75) is 129 Å². The quantitative estimate of drug-likeness (QED) is 0.225. The van der Waals surface area contributed by atoms with Crippen LogP contribution in [-0.2, 0) is 25.6 Å². The summed E-state index contributed by atoms with van der Waals surface area (Å²) in [7, 11) is 0. The molecule has 0 aromatic carbocycles. The second-order valence-electron chi connectivity index (χ2n) is 18.9. The highest BCUT2D eigenvalue weighted by Crippen LogP contribution is 2.24. The maximum atomic E-state index is 11.0. The summed E-state index contributed by atoms with van der Waals surface area (Å²) >= 11 is 0. The van der Waals surface area contributed by atoms with Crippen LogP contribution < -0.4 is 10.6 Å². The van der Waals surface area contributed by atoms with E-state index < -0.39 is 0 Å². The SMILES string of the molecule is CC(C)(C)CC1=NCNC1=O.CC(C)(C)CN1N=NCC1=O.CC(C)(C)Cc1cc(O)co1.CC(C)C1=NCNC1=O.CC(C)N1N=NCC1=O.CC(C)c1cc(O)co1. The zero-order chi connectivity index (χ0) is 46.0. The third-order valence-corrected chi connectivity index (χ3v) is 7.66. The van der Waals surface area contributed by atoms with Crippen LogP contribution in [0, 0.1) is 22.2 Å². The molecule has 18 heteroatoms. The molecule has 0 fully saturated rings. The van der Waals surface area contributed by atoms with Crippen LogP contribution >= 0.6 is 0 Å². The van der Waals surface area contributed by atoms with E-state index in [1.54, 1.807) is 12.1 Å². The van der Waals surface area contributed by atoms with Crippen molar-refractivity contribution in [3.05, 3.63) is 36.2 Å². The zero-order valence-corrected chi connectivity index (χ0v) is 38.4.